The molecule has 0 aliphatic rings. The van der Waals surface area contributed by atoms with Crippen molar-refractivity contribution in [3.63, 3.8) is 0 Å². The van der Waals surface area contributed by atoms with Gasteiger partial charge in [0, 0.05) is 11.3 Å². The number of anilines is 2. The van der Waals surface area contributed by atoms with E-state index >= 15 is 0 Å². The largest absolute Gasteiger partial charge is 0.494 e. The Balaban J connectivity index is 1.63. The summed E-state index contributed by atoms with van der Waals surface area (Å²) in [5.41, 5.74) is 3.45. The van der Waals surface area contributed by atoms with Gasteiger partial charge < -0.3 is 15.4 Å². The van der Waals surface area contributed by atoms with E-state index in [1.807, 2.05) is 6.92 Å². The van der Waals surface area contributed by atoms with Crippen molar-refractivity contribution in [3.8, 4) is 5.75 Å². The number of para-hydroxylation sites is 1. The quantitative estimate of drug-likeness (QED) is 0.248. The smallest absolute Gasteiger partial charge is 0.329 e. The molecule has 0 heterocycles. The maximum absolute atomic E-state index is 12.7. The maximum atomic E-state index is 12.7. The van der Waals surface area contributed by atoms with Crippen LogP contribution in [0.2, 0.25) is 10.0 Å². The third kappa shape index (κ3) is 6.57. The van der Waals surface area contributed by atoms with E-state index in [4.69, 9.17) is 27.9 Å². The van der Waals surface area contributed by atoms with Gasteiger partial charge in [-0.1, -0.05) is 47.5 Å². The molecule has 3 amide bonds. The number of benzene rings is 3. The first-order valence-corrected chi connectivity index (χ1v) is 10.9. The van der Waals surface area contributed by atoms with Crippen molar-refractivity contribution in [2.45, 2.75) is 6.92 Å². The van der Waals surface area contributed by atoms with E-state index in [-0.39, 0.29) is 16.3 Å². The van der Waals surface area contributed by atoms with E-state index in [9.17, 15) is 14.4 Å². The summed E-state index contributed by atoms with van der Waals surface area (Å²) in [6.07, 6.45) is 1.26. The zero-order valence-electron chi connectivity index (χ0n) is 18.0. The van der Waals surface area contributed by atoms with Gasteiger partial charge in [0.15, 0.2) is 0 Å². The molecule has 0 bridgehead atoms. The predicted octanol–water partition coefficient (Wildman–Crippen LogP) is 4.73. The third-order valence-corrected chi connectivity index (χ3v) is 5.23. The van der Waals surface area contributed by atoms with Crippen LogP contribution in [0, 0.1) is 0 Å². The molecule has 0 unspecified atom stereocenters. The predicted molar refractivity (Wildman–Crippen MR) is 133 cm³/mol. The molecule has 3 rings (SSSR count). The molecule has 174 valence electrons. The van der Waals surface area contributed by atoms with Crippen molar-refractivity contribution in [3.05, 3.63) is 87.9 Å². The van der Waals surface area contributed by atoms with Crippen LogP contribution < -0.4 is 20.8 Å². The average molecular weight is 499 g/mol. The van der Waals surface area contributed by atoms with Crippen LogP contribution in [-0.2, 0) is 9.59 Å². The molecule has 8 nitrogen and oxygen atoms in total. The molecule has 0 saturated carbocycles. The Morgan fingerprint density at radius 1 is 0.912 bits per heavy atom. The summed E-state index contributed by atoms with van der Waals surface area (Å²) in [6, 6.07) is 18.1. The first kappa shape index (κ1) is 24.8. The summed E-state index contributed by atoms with van der Waals surface area (Å²) >= 11 is 12.0. The number of carbonyl (C=O) groups is 3. The minimum atomic E-state index is -1.03. The van der Waals surface area contributed by atoms with Gasteiger partial charge in [0.25, 0.3) is 5.91 Å². The van der Waals surface area contributed by atoms with Crippen LogP contribution in [-0.4, -0.2) is 30.5 Å². The number of nitrogens with one attached hydrogen (secondary N) is 3. The van der Waals surface area contributed by atoms with Crippen LogP contribution in [0.3, 0.4) is 0 Å². The van der Waals surface area contributed by atoms with Crippen LogP contribution in [0.4, 0.5) is 11.4 Å². The Bertz CT molecular complexity index is 1230. The molecule has 0 radical (unpaired) electrons. The molecule has 0 atom stereocenters. The Morgan fingerprint density at radius 2 is 1.65 bits per heavy atom. The van der Waals surface area contributed by atoms with Crippen molar-refractivity contribution < 1.29 is 19.1 Å². The second-order valence-corrected chi connectivity index (χ2v) is 7.54. The van der Waals surface area contributed by atoms with E-state index in [2.05, 4.69) is 21.2 Å². The highest BCUT2D eigenvalue weighted by Crippen LogP contribution is 2.24. The lowest BCUT2D eigenvalue weighted by atomic mass is 10.1. The second-order valence-electron chi connectivity index (χ2n) is 6.75. The highest BCUT2D eigenvalue weighted by atomic mass is 35.5. The minimum absolute atomic E-state index is 0.160. The summed E-state index contributed by atoms with van der Waals surface area (Å²) in [5, 5.41) is 9.47. The number of carbonyl (C=O) groups excluding carboxylic acids is 3. The summed E-state index contributed by atoms with van der Waals surface area (Å²) in [7, 11) is 0. The van der Waals surface area contributed by atoms with E-state index in [1.165, 1.54) is 18.3 Å². The zero-order chi connectivity index (χ0) is 24.5. The third-order valence-electron chi connectivity index (χ3n) is 4.40. The van der Waals surface area contributed by atoms with Crippen LogP contribution in [0.5, 0.6) is 5.75 Å². The monoisotopic (exact) mass is 498 g/mol. The number of rotatable bonds is 7. The van der Waals surface area contributed by atoms with Gasteiger partial charge in [0.2, 0.25) is 0 Å². The number of hydrazone groups is 1. The fourth-order valence-corrected chi connectivity index (χ4v) is 3.16. The van der Waals surface area contributed by atoms with Crippen molar-refractivity contribution >= 4 is 58.5 Å². The minimum Gasteiger partial charge on any atom is -0.494 e. The molecule has 3 aromatic rings. The molecule has 0 aliphatic heterocycles. The van der Waals surface area contributed by atoms with Crippen molar-refractivity contribution in [1.29, 1.82) is 0 Å². The molecule has 0 saturated heterocycles. The van der Waals surface area contributed by atoms with Gasteiger partial charge in [-0.25, -0.2) is 5.43 Å². The van der Waals surface area contributed by atoms with Gasteiger partial charge >= 0.3 is 11.8 Å². The van der Waals surface area contributed by atoms with Gasteiger partial charge in [0.05, 0.1) is 34.1 Å². The summed E-state index contributed by atoms with van der Waals surface area (Å²) < 4.78 is 5.38. The summed E-state index contributed by atoms with van der Waals surface area (Å²) in [6.45, 7) is 2.41. The average Bonchev–Trinajstić information content (AvgIpc) is 2.83. The normalized spacial score (nSPS) is 10.6. The standard InChI is InChI=1S/C24H20Cl2N4O4/c1-2-34-17-12-10-16(11-13-17)28-22(31)18-7-3-4-9-20(18)29-23(32)24(33)30-27-14-15-6-5-8-19(25)21(15)26/h3-14H,2H2,1H3,(H,28,31)(H,29,32)(H,30,33)/b27-14-. The van der Waals surface area contributed by atoms with Crippen LogP contribution in [0.15, 0.2) is 71.8 Å². The topological polar surface area (TPSA) is 109 Å². The first-order valence-electron chi connectivity index (χ1n) is 10.1. The number of halogens is 2. The maximum Gasteiger partial charge on any atom is 0.329 e. The molecule has 0 spiro atoms. The number of nitrogens with zero attached hydrogens (tertiary/aromatic N) is 1. The molecule has 0 aliphatic carbocycles. The molecule has 3 N–H and O–H groups in total. The SMILES string of the molecule is CCOc1ccc(NC(=O)c2ccccc2NC(=O)C(=O)N/N=C\c2cccc(Cl)c2Cl)cc1. The fourth-order valence-electron chi connectivity index (χ4n) is 2.80. The van der Waals surface area contributed by atoms with Crippen LogP contribution in [0.1, 0.15) is 22.8 Å². The molecule has 3 aromatic carbocycles. The van der Waals surface area contributed by atoms with Crippen molar-refractivity contribution in [2.75, 3.05) is 17.2 Å². The molecular weight excluding hydrogens is 479 g/mol. The number of hydrogen-bond donors (Lipinski definition) is 3. The molecule has 0 fully saturated rings. The van der Waals surface area contributed by atoms with Gasteiger partial charge in [-0.2, -0.15) is 5.10 Å². The number of ether oxygens (including phenoxy) is 1. The molecule has 0 aromatic heterocycles. The van der Waals surface area contributed by atoms with Gasteiger partial charge in [0.1, 0.15) is 5.75 Å². The Kier molecular flexibility index (Phi) is 8.61. The van der Waals surface area contributed by atoms with Gasteiger partial charge in [-0.3, -0.25) is 14.4 Å². The van der Waals surface area contributed by atoms with E-state index in [0.717, 1.165) is 0 Å². The van der Waals surface area contributed by atoms with Crippen molar-refractivity contribution in [2.24, 2.45) is 5.10 Å². The summed E-state index contributed by atoms with van der Waals surface area (Å²) in [4.78, 5) is 37.2. The first-order chi connectivity index (χ1) is 16.4. The highest BCUT2D eigenvalue weighted by molar-refractivity contribution is 6.43. The number of amides is 3. The summed E-state index contributed by atoms with van der Waals surface area (Å²) in [5.74, 6) is -1.82. The number of hydrogen-bond acceptors (Lipinski definition) is 5. The Labute approximate surface area is 205 Å². The van der Waals surface area contributed by atoms with E-state index in [1.54, 1.807) is 54.6 Å². The fraction of sp³-hybridized carbons (Fsp3) is 0.0833. The highest BCUT2D eigenvalue weighted by Gasteiger charge is 2.18. The lowest BCUT2D eigenvalue weighted by Gasteiger charge is -2.11. The lowest BCUT2D eigenvalue weighted by molar-refractivity contribution is -0.136. The van der Waals surface area contributed by atoms with Gasteiger partial charge in [-0.05, 0) is 49.4 Å². The molecular formula is C24H20Cl2N4O4. The molecule has 10 heteroatoms. The van der Waals surface area contributed by atoms with Crippen molar-refractivity contribution in [1.82, 2.24) is 5.43 Å². The van der Waals surface area contributed by atoms with Crippen LogP contribution in [0.25, 0.3) is 0 Å². The van der Waals surface area contributed by atoms with E-state index in [0.29, 0.717) is 28.6 Å². The molecule has 34 heavy (non-hydrogen) atoms. The van der Waals surface area contributed by atoms with Gasteiger partial charge in [-0.15, -0.1) is 0 Å². The lowest BCUT2D eigenvalue weighted by Crippen LogP contribution is -2.33. The van der Waals surface area contributed by atoms with Crippen LogP contribution >= 0.6 is 23.2 Å². The van der Waals surface area contributed by atoms with E-state index < -0.39 is 17.7 Å². The zero-order valence-corrected chi connectivity index (χ0v) is 19.5. The Morgan fingerprint density at radius 3 is 2.38 bits per heavy atom. The second kappa shape index (κ2) is 11.8. The Hall–Kier alpha value is -3.88.